The van der Waals surface area contributed by atoms with Gasteiger partial charge in [0.25, 0.3) is 0 Å². The maximum atomic E-state index is 5.38. The molecule has 2 aromatic carbocycles. The van der Waals surface area contributed by atoms with Gasteiger partial charge in [-0.3, -0.25) is 4.90 Å². The number of benzene rings is 2. The van der Waals surface area contributed by atoms with Crippen LogP contribution in [-0.2, 0) is 4.74 Å². The highest BCUT2D eigenvalue weighted by Gasteiger charge is 2.08. The monoisotopic (exact) mass is 333 g/mol. The van der Waals surface area contributed by atoms with Gasteiger partial charge in [-0.05, 0) is 42.0 Å². The van der Waals surface area contributed by atoms with Crippen molar-refractivity contribution in [2.24, 2.45) is 0 Å². The van der Waals surface area contributed by atoms with Crippen molar-refractivity contribution in [3.63, 3.8) is 0 Å². The van der Waals surface area contributed by atoms with Crippen molar-refractivity contribution in [2.45, 2.75) is 6.92 Å². The molecule has 0 atom stereocenters. The second-order valence-electron chi connectivity index (χ2n) is 6.47. The van der Waals surface area contributed by atoms with E-state index in [1.54, 1.807) is 0 Å². The fraction of sp³-hybridized carbons (Fsp3) is 0.286. The van der Waals surface area contributed by atoms with E-state index in [1.165, 1.54) is 10.8 Å². The maximum Gasteiger partial charge on any atom is 0.0855 e. The number of morpholine rings is 1. The lowest BCUT2D eigenvalue weighted by atomic mass is 10.1. The first kappa shape index (κ1) is 16.1. The summed E-state index contributed by atoms with van der Waals surface area (Å²) >= 11 is 0. The molecule has 1 aliphatic rings. The van der Waals surface area contributed by atoms with Crippen molar-refractivity contribution in [2.75, 3.05) is 32.8 Å². The Hall–Kier alpha value is -2.43. The van der Waals surface area contributed by atoms with E-state index in [0.717, 1.165) is 49.9 Å². The lowest BCUT2D eigenvalue weighted by Gasteiger charge is -2.24. The van der Waals surface area contributed by atoms with E-state index in [9.17, 15) is 0 Å². The van der Waals surface area contributed by atoms with Crippen LogP contribution in [-0.4, -0.2) is 47.5 Å². The van der Waals surface area contributed by atoms with Crippen molar-refractivity contribution in [3.05, 3.63) is 66.0 Å². The molecular weight excluding hydrogens is 310 g/mol. The molecule has 25 heavy (non-hydrogen) atoms. The lowest BCUT2D eigenvalue weighted by Crippen LogP contribution is -2.36. The van der Waals surface area contributed by atoms with Crippen molar-refractivity contribution in [3.8, 4) is 5.69 Å². The number of ether oxygens (including phenoxy) is 1. The van der Waals surface area contributed by atoms with Crippen LogP contribution in [0.3, 0.4) is 0 Å². The summed E-state index contributed by atoms with van der Waals surface area (Å²) in [5.41, 5.74) is 3.24. The standard InChI is InChI=1S/C21H23N3O/c1-17-15-20(7-4-10-23-11-13-25-14-12-23)22-24(17)21-9-8-18-5-2-3-6-19(18)16-21/h2-9,15-16H,10-14H2,1H3/b7-4+. The zero-order chi connectivity index (χ0) is 17.1. The highest BCUT2D eigenvalue weighted by molar-refractivity contribution is 5.84. The summed E-state index contributed by atoms with van der Waals surface area (Å²) in [6.45, 7) is 6.74. The van der Waals surface area contributed by atoms with E-state index in [4.69, 9.17) is 9.84 Å². The van der Waals surface area contributed by atoms with Crippen LogP contribution in [0.25, 0.3) is 22.5 Å². The van der Waals surface area contributed by atoms with Crippen LogP contribution < -0.4 is 0 Å². The second kappa shape index (κ2) is 7.21. The molecule has 1 aliphatic heterocycles. The summed E-state index contributed by atoms with van der Waals surface area (Å²) in [5.74, 6) is 0. The topological polar surface area (TPSA) is 30.3 Å². The number of hydrogen-bond donors (Lipinski definition) is 0. The van der Waals surface area contributed by atoms with Gasteiger partial charge in [0.05, 0.1) is 24.6 Å². The Morgan fingerprint density at radius 2 is 1.84 bits per heavy atom. The van der Waals surface area contributed by atoms with Gasteiger partial charge in [0.1, 0.15) is 0 Å². The van der Waals surface area contributed by atoms with E-state index in [0.29, 0.717) is 0 Å². The zero-order valence-corrected chi connectivity index (χ0v) is 14.6. The van der Waals surface area contributed by atoms with Crippen molar-refractivity contribution < 1.29 is 4.74 Å². The van der Waals surface area contributed by atoms with Crippen molar-refractivity contribution >= 4 is 16.8 Å². The fourth-order valence-corrected chi connectivity index (χ4v) is 3.26. The van der Waals surface area contributed by atoms with Gasteiger partial charge in [0, 0.05) is 25.3 Å². The van der Waals surface area contributed by atoms with Gasteiger partial charge in [-0.2, -0.15) is 5.10 Å². The lowest BCUT2D eigenvalue weighted by molar-refractivity contribution is 0.0435. The first-order valence-electron chi connectivity index (χ1n) is 8.82. The third-order valence-electron chi connectivity index (χ3n) is 4.64. The number of nitrogens with zero attached hydrogens (tertiary/aromatic N) is 3. The Labute approximate surface area is 148 Å². The first-order chi connectivity index (χ1) is 12.3. The van der Waals surface area contributed by atoms with Gasteiger partial charge in [-0.25, -0.2) is 4.68 Å². The van der Waals surface area contributed by atoms with Crippen LogP contribution in [0.15, 0.2) is 54.6 Å². The molecule has 0 N–H and O–H groups in total. The van der Waals surface area contributed by atoms with E-state index in [1.807, 2.05) is 4.68 Å². The van der Waals surface area contributed by atoms with E-state index >= 15 is 0 Å². The molecule has 4 rings (SSSR count). The number of rotatable bonds is 4. The molecule has 4 nitrogen and oxygen atoms in total. The Morgan fingerprint density at radius 1 is 1.04 bits per heavy atom. The van der Waals surface area contributed by atoms with Crippen molar-refractivity contribution in [1.29, 1.82) is 0 Å². The van der Waals surface area contributed by atoms with E-state index in [-0.39, 0.29) is 0 Å². The molecule has 1 saturated heterocycles. The molecule has 0 radical (unpaired) electrons. The van der Waals surface area contributed by atoms with Crippen LogP contribution in [0, 0.1) is 6.92 Å². The van der Waals surface area contributed by atoms with Crippen LogP contribution in [0.4, 0.5) is 0 Å². The van der Waals surface area contributed by atoms with E-state index < -0.39 is 0 Å². The fourth-order valence-electron chi connectivity index (χ4n) is 3.26. The third kappa shape index (κ3) is 3.65. The zero-order valence-electron chi connectivity index (χ0n) is 14.6. The summed E-state index contributed by atoms with van der Waals surface area (Å²) in [6.07, 6.45) is 4.30. The van der Waals surface area contributed by atoms with Crippen LogP contribution in [0.5, 0.6) is 0 Å². The highest BCUT2D eigenvalue weighted by atomic mass is 16.5. The van der Waals surface area contributed by atoms with Gasteiger partial charge < -0.3 is 4.74 Å². The minimum atomic E-state index is 0.837. The quantitative estimate of drug-likeness (QED) is 0.730. The number of fused-ring (bicyclic) bond motifs is 1. The average molecular weight is 333 g/mol. The first-order valence-corrected chi connectivity index (χ1v) is 8.82. The molecule has 1 aromatic heterocycles. The predicted molar refractivity (Wildman–Crippen MR) is 102 cm³/mol. The summed E-state index contributed by atoms with van der Waals surface area (Å²) in [6, 6.07) is 17.0. The van der Waals surface area contributed by atoms with Crippen molar-refractivity contribution in [1.82, 2.24) is 14.7 Å². The van der Waals surface area contributed by atoms with Gasteiger partial charge in [0.2, 0.25) is 0 Å². The molecular formula is C21H23N3O. The largest absolute Gasteiger partial charge is 0.379 e. The predicted octanol–water partition coefficient (Wildman–Crippen LogP) is 3.68. The SMILES string of the molecule is Cc1cc(/C=C/CN2CCOCC2)nn1-c1ccc2ccccc2c1. The summed E-state index contributed by atoms with van der Waals surface area (Å²) < 4.78 is 7.40. The van der Waals surface area contributed by atoms with Gasteiger partial charge in [-0.1, -0.05) is 36.4 Å². The van der Waals surface area contributed by atoms with Gasteiger partial charge >= 0.3 is 0 Å². The normalized spacial score (nSPS) is 16.0. The highest BCUT2D eigenvalue weighted by Crippen LogP contribution is 2.20. The average Bonchev–Trinajstić information content (AvgIpc) is 3.03. The van der Waals surface area contributed by atoms with Crippen LogP contribution in [0.1, 0.15) is 11.4 Å². The molecule has 0 spiro atoms. The molecule has 0 amide bonds. The van der Waals surface area contributed by atoms with E-state index in [2.05, 4.69) is 72.5 Å². The molecule has 0 aliphatic carbocycles. The number of aromatic nitrogens is 2. The van der Waals surface area contributed by atoms with Gasteiger partial charge in [0.15, 0.2) is 0 Å². The molecule has 2 heterocycles. The van der Waals surface area contributed by atoms with Gasteiger partial charge in [-0.15, -0.1) is 0 Å². The molecule has 0 unspecified atom stereocenters. The van der Waals surface area contributed by atoms with Crippen LogP contribution >= 0.6 is 0 Å². The smallest absolute Gasteiger partial charge is 0.0855 e. The Kier molecular flexibility index (Phi) is 4.63. The minimum absolute atomic E-state index is 0.837. The molecule has 1 fully saturated rings. The molecule has 3 aromatic rings. The molecule has 0 bridgehead atoms. The second-order valence-corrected chi connectivity index (χ2v) is 6.47. The van der Waals surface area contributed by atoms with Crippen LogP contribution in [0.2, 0.25) is 0 Å². The minimum Gasteiger partial charge on any atom is -0.379 e. The number of aryl methyl sites for hydroxylation is 1. The summed E-state index contributed by atoms with van der Waals surface area (Å²) in [5, 5.41) is 7.24. The summed E-state index contributed by atoms with van der Waals surface area (Å²) in [4.78, 5) is 2.40. The third-order valence-corrected chi connectivity index (χ3v) is 4.64. The summed E-state index contributed by atoms with van der Waals surface area (Å²) in [7, 11) is 0. The molecule has 4 heteroatoms. The maximum absolute atomic E-state index is 5.38. The molecule has 0 saturated carbocycles. The Balaban J connectivity index is 1.52. The molecule has 128 valence electrons. The number of hydrogen-bond acceptors (Lipinski definition) is 3. The Bertz CT molecular complexity index is 891. The Morgan fingerprint density at radius 3 is 2.68 bits per heavy atom.